The minimum Gasteiger partial charge on any atom is -0.478 e. The van der Waals surface area contributed by atoms with E-state index in [1.54, 1.807) is 32.5 Å². The van der Waals surface area contributed by atoms with E-state index in [0.29, 0.717) is 33.9 Å². The van der Waals surface area contributed by atoms with Crippen molar-refractivity contribution in [3.63, 3.8) is 0 Å². The largest absolute Gasteiger partial charge is 0.478 e. The molecule has 4 heterocycles. The number of nitriles is 1. The first-order valence-corrected chi connectivity index (χ1v) is 12.8. The van der Waals surface area contributed by atoms with E-state index in [1.807, 2.05) is 40.9 Å². The first-order chi connectivity index (χ1) is 18.5. The number of fused-ring (bicyclic) bond motifs is 2. The van der Waals surface area contributed by atoms with E-state index in [4.69, 9.17) is 19.4 Å². The average Bonchev–Trinajstić information content (AvgIpc) is 3.57. The molecule has 0 atom stereocenters. The van der Waals surface area contributed by atoms with E-state index in [2.05, 4.69) is 22.9 Å². The van der Waals surface area contributed by atoms with Crippen molar-refractivity contribution in [2.24, 2.45) is 7.05 Å². The van der Waals surface area contributed by atoms with E-state index in [9.17, 15) is 4.79 Å². The van der Waals surface area contributed by atoms with Gasteiger partial charge in [0.2, 0.25) is 5.65 Å². The maximum Gasteiger partial charge on any atom is 0.419 e. The smallest absolute Gasteiger partial charge is 0.419 e. The average molecular weight is 511 g/mol. The molecule has 9 nitrogen and oxygen atoms in total. The maximum atomic E-state index is 11.9. The van der Waals surface area contributed by atoms with Crippen LogP contribution in [0.1, 0.15) is 31.7 Å². The third-order valence-corrected chi connectivity index (χ3v) is 6.95. The molecule has 38 heavy (non-hydrogen) atoms. The molecular weight excluding hydrogens is 480 g/mol. The molecule has 6 rings (SSSR count). The monoisotopic (exact) mass is 510 g/mol. The zero-order valence-electron chi connectivity index (χ0n) is 21.8. The molecule has 0 radical (unpaired) electrons. The summed E-state index contributed by atoms with van der Waals surface area (Å²) < 4.78 is 14.2. The number of hydrogen-bond donors (Lipinski definition) is 0. The Morgan fingerprint density at radius 2 is 1.82 bits per heavy atom. The number of rotatable bonds is 4. The third-order valence-electron chi connectivity index (χ3n) is 6.95. The van der Waals surface area contributed by atoms with Gasteiger partial charge in [0.1, 0.15) is 0 Å². The molecule has 0 saturated carbocycles. The van der Waals surface area contributed by atoms with Crippen molar-refractivity contribution >= 4 is 16.7 Å². The van der Waals surface area contributed by atoms with Crippen LogP contribution in [0, 0.1) is 11.3 Å². The third kappa shape index (κ3) is 4.78. The lowest BCUT2D eigenvalue weighted by Crippen LogP contribution is -2.29. The molecule has 1 aliphatic rings. The normalized spacial score (nSPS) is 13.7. The molecule has 0 N–H and O–H groups in total. The van der Waals surface area contributed by atoms with Gasteiger partial charge in [-0.1, -0.05) is 31.5 Å². The lowest BCUT2D eigenvalue weighted by Gasteiger charge is -2.24. The van der Waals surface area contributed by atoms with Crippen LogP contribution in [0.5, 0.6) is 5.88 Å². The van der Waals surface area contributed by atoms with Crippen molar-refractivity contribution in [1.82, 2.24) is 23.8 Å². The summed E-state index contributed by atoms with van der Waals surface area (Å²) in [6, 6.07) is 14.8. The van der Waals surface area contributed by atoms with Gasteiger partial charge in [-0.2, -0.15) is 5.26 Å². The summed E-state index contributed by atoms with van der Waals surface area (Å²) in [7, 11) is 3.21. The van der Waals surface area contributed by atoms with E-state index < -0.39 is 5.76 Å². The molecule has 1 saturated heterocycles. The van der Waals surface area contributed by atoms with Gasteiger partial charge in [-0.15, -0.1) is 0 Å². The summed E-state index contributed by atoms with van der Waals surface area (Å²) >= 11 is 0. The van der Waals surface area contributed by atoms with Crippen LogP contribution < -0.4 is 10.5 Å². The summed E-state index contributed by atoms with van der Waals surface area (Å²) in [5, 5.41) is 9.12. The molecule has 1 fully saturated rings. The van der Waals surface area contributed by atoms with Crippen LogP contribution in [0.3, 0.4) is 0 Å². The maximum absolute atomic E-state index is 11.9. The second-order valence-electron chi connectivity index (χ2n) is 9.23. The molecule has 0 unspecified atom stereocenters. The van der Waals surface area contributed by atoms with Gasteiger partial charge in [0.15, 0.2) is 5.58 Å². The fraction of sp³-hybridized carbons (Fsp3) is 0.310. The molecule has 0 aliphatic carbocycles. The first kappa shape index (κ1) is 25.2. The molecule has 2 aromatic carbocycles. The fourth-order valence-corrected chi connectivity index (χ4v) is 4.83. The summed E-state index contributed by atoms with van der Waals surface area (Å²) in [6.45, 7) is 6.18. The Morgan fingerprint density at radius 1 is 1.08 bits per heavy atom. The van der Waals surface area contributed by atoms with Crippen LogP contribution in [0.25, 0.3) is 39.3 Å². The fourth-order valence-electron chi connectivity index (χ4n) is 4.83. The molecule has 194 valence electrons. The number of ether oxygens (including phenoxy) is 1. The Morgan fingerprint density at radius 3 is 2.47 bits per heavy atom. The molecule has 3 aromatic heterocycles. The number of piperidine rings is 1. The zero-order valence-corrected chi connectivity index (χ0v) is 21.8. The molecule has 0 amide bonds. The minimum absolute atomic E-state index is 0.385. The van der Waals surface area contributed by atoms with Crippen molar-refractivity contribution in [2.75, 3.05) is 26.7 Å². The van der Waals surface area contributed by atoms with Gasteiger partial charge in [0.05, 0.1) is 35.6 Å². The number of nitrogens with zero attached hydrogens (tertiary/aromatic N) is 6. The van der Waals surface area contributed by atoms with Gasteiger partial charge in [-0.25, -0.2) is 14.8 Å². The lowest BCUT2D eigenvalue weighted by atomic mass is 10.0. The number of aromatic nitrogens is 4. The first-order valence-electron chi connectivity index (χ1n) is 12.8. The number of methoxy groups -OCH3 is 1. The van der Waals surface area contributed by atoms with Gasteiger partial charge >= 0.3 is 5.76 Å². The van der Waals surface area contributed by atoms with E-state index >= 15 is 0 Å². The molecule has 1 aliphatic heterocycles. The number of aryl methyl sites for hydroxylation is 1. The Labute approximate surface area is 220 Å². The SMILES string of the molecule is CCN1CCCCC1.COc1nc(-c2ccc(C#N)cc2)c(-c2ccc3c(c2)oc(=O)n3C)n2ccnc12. The predicted molar refractivity (Wildman–Crippen MR) is 146 cm³/mol. The van der Waals surface area contributed by atoms with Crippen LogP contribution in [0.15, 0.2) is 64.1 Å². The Hall–Kier alpha value is -4.42. The molecule has 0 spiro atoms. The number of likely N-dealkylation sites (tertiary alicyclic amines) is 1. The Balaban J connectivity index is 0.000000316. The highest BCUT2D eigenvalue weighted by Gasteiger charge is 2.20. The highest BCUT2D eigenvalue weighted by atomic mass is 16.5. The summed E-state index contributed by atoms with van der Waals surface area (Å²) in [4.78, 5) is 23.5. The Bertz CT molecular complexity index is 1670. The summed E-state index contributed by atoms with van der Waals surface area (Å²) in [6.07, 6.45) is 7.80. The van der Waals surface area contributed by atoms with Crippen LogP contribution in [-0.2, 0) is 7.05 Å². The topological polar surface area (TPSA) is 102 Å². The number of oxazole rings is 1. The number of hydrogen-bond acceptors (Lipinski definition) is 7. The van der Waals surface area contributed by atoms with Gasteiger partial charge in [0.25, 0.3) is 5.88 Å². The highest BCUT2D eigenvalue weighted by Crippen LogP contribution is 2.35. The van der Waals surface area contributed by atoms with Crippen LogP contribution >= 0.6 is 0 Å². The van der Waals surface area contributed by atoms with E-state index in [-0.39, 0.29) is 0 Å². The molecule has 0 bridgehead atoms. The van der Waals surface area contributed by atoms with Crippen LogP contribution in [0.4, 0.5) is 0 Å². The van der Waals surface area contributed by atoms with Crippen molar-refractivity contribution in [2.45, 2.75) is 26.2 Å². The second kappa shape index (κ2) is 10.9. The molecule has 9 heteroatoms. The van der Waals surface area contributed by atoms with Crippen molar-refractivity contribution in [1.29, 1.82) is 5.26 Å². The van der Waals surface area contributed by atoms with Crippen LogP contribution in [0.2, 0.25) is 0 Å². The van der Waals surface area contributed by atoms with Gasteiger partial charge in [-0.3, -0.25) is 8.97 Å². The highest BCUT2D eigenvalue weighted by molar-refractivity contribution is 5.86. The van der Waals surface area contributed by atoms with Crippen molar-refractivity contribution < 1.29 is 9.15 Å². The quantitative estimate of drug-likeness (QED) is 0.340. The van der Waals surface area contributed by atoms with Gasteiger partial charge in [-0.05, 0) is 56.7 Å². The van der Waals surface area contributed by atoms with Crippen LogP contribution in [-0.4, -0.2) is 50.6 Å². The van der Waals surface area contributed by atoms with Crippen molar-refractivity contribution in [3.05, 3.63) is 71.0 Å². The van der Waals surface area contributed by atoms with E-state index in [1.165, 1.54) is 43.5 Å². The van der Waals surface area contributed by atoms with E-state index in [0.717, 1.165) is 16.8 Å². The number of imidazole rings is 1. The second-order valence-corrected chi connectivity index (χ2v) is 9.23. The molecular formula is C29H30N6O3. The van der Waals surface area contributed by atoms with Crippen molar-refractivity contribution in [3.8, 4) is 34.5 Å². The molecule has 5 aromatic rings. The predicted octanol–water partition coefficient (Wildman–Crippen LogP) is 4.88. The lowest BCUT2D eigenvalue weighted by molar-refractivity contribution is 0.240. The van der Waals surface area contributed by atoms with Gasteiger partial charge < -0.3 is 14.1 Å². The minimum atomic E-state index is -0.421. The summed E-state index contributed by atoms with van der Waals surface area (Å²) in [5.74, 6) is -0.0365. The van der Waals surface area contributed by atoms with Gasteiger partial charge in [0, 0.05) is 30.6 Å². The zero-order chi connectivity index (χ0) is 26.6. The standard InChI is InChI=1S/C22H15N5O3.C7H15N/c1-26-16-8-7-15(11-17(16)30-22(26)28)19-18(14-5-3-13(12-23)4-6-14)25-21(29-2)20-24-9-10-27(19)20;1-2-8-6-4-3-5-7-8/h3-11H,1-2H3;2-7H2,1H3. The summed E-state index contributed by atoms with van der Waals surface area (Å²) in [5.41, 5.74) is 5.34. The Kier molecular flexibility index (Phi) is 7.24. The number of benzene rings is 2.